The van der Waals surface area contributed by atoms with Gasteiger partial charge in [0.15, 0.2) is 0 Å². The number of carbonyl (C=O) groups excluding carboxylic acids is 2. The molecule has 1 N–H and O–H groups in total. The molecule has 2 rings (SSSR count). The molecule has 2 aromatic rings. The van der Waals surface area contributed by atoms with E-state index in [4.69, 9.17) is 0 Å². The van der Waals surface area contributed by atoms with Crippen molar-refractivity contribution in [2.45, 2.75) is 63.4 Å². The van der Waals surface area contributed by atoms with Gasteiger partial charge in [-0.3, -0.25) is 9.59 Å². The van der Waals surface area contributed by atoms with E-state index in [0.717, 1.165) is 18.4 Å². The van der Waals surface area contributed by atoms with Crippen LogP contribution in [0.3, 0.4) is 0 Å². The number of unbranched alkanes of at least 4 members (excludes halogenated alkanes) is 1. The molecule has 0 heterocycles. The standard InChI is InChI=1S/C26H37N3O4S/c1-4-6-19-27-26(31)24(5-2)29(21-22-14-9-7-10-15-22)25(30)18-13-20-28(3)34(32,33)23-16-11-8-12-17-23/h7-12,14-17,24H,4-6,13,18-21H2,1-3H3,(H,27,31)/t24-/m0/s1. The van der Waals surface area contributed by atoms with E-state index >= 15 is 0 Å². The van der Waals surface area contributed by atoms with E-state index < -0.39 is 16.1 Å². The molecular formula is C26H37N3O4S. The molecule has 0 spiro atoms. The molecule has 0 bridgehead atoms. The van der Waals surface area contributed by atoms with Crippen LogP contribution >= 0.6 is 0 Å². The lowest BCUT2D eigenvalue weighted by molar-refractivity contribution is -0.141. The minimum Gasteiger partial charge on any atom is -0.354 e. The zero-order valence-electron chi connectivity index (χ0n) is 20.4. The zero-order valence-corrected chi connectivity index (χ0v) is 21.3. The highest BCUT2D eigenvalue weighted by Crippen LogP contribution is 2.17. The first-order chi connectivity index (χ1) is 16.3. The van der Waals surface area contributed by atoms with Crippen LogP contribution in [-0.2, 0) is 26.2 Å². The van der Waals surface area contributed by atoms with Gasteiger partial charge in [-0.1, -0.05) is 68.8 Å². The Kier molecular flexibility index (Phi) is 11.2. The summed E-state index contributed by atoms with van der Waals surface area (Å²) in [5.74, 6) is -0.309. The lowest BCUT2D eigenvalue weighted by atomic mass is 10.1. The Bertz CT molecular complexity index is 997. The number of nitrogens with zero attached hydrogens (tertiary/aromatic N) is 2. The van der Waals surface area contributed by atoms with Gasteiger partial charge < -0.3 is 10.2 Å². The van der Waals surface area contributed by atoms with E-state index in [2.05, 4.69) is 12.2 Å². The van der Waals surface area contributed by atoms with E-state index in [-0.39, 0.29) is 29.7 Å². The highest BCUT2D eigenvalue weighted by atomic mass is 32.2. The first kappa shape index (κ1) is 27.5. The predicted octanol–water partition coefficient (Wildman–Crippen LogP) is 3.81. The number of carbonyl (C=O) groups is 2. The normalized spacial score (nSPS) is 12.4. The van der Waals surface area contributed by atoms with Crippen molar-refractivity contribution >= 4 is 21.8 Å². The van der Waals surface area contributed by atoms with Crippen molar-refractivity contribution in [1.82, 2.24) is 14.5 Å². The summed E-state index contributed by atoms with van der Waals surface area (Å²) in [6.07, 6.45) is 2.87. The molecule has 0 saturated heterocycles. The number of hydrogen-bond acceptors (Lipinski definition) is 4. The first-order valence-electron chi connectivity index (χ1n) is 11.9. The molecule has 0 unspecified atom stereocenters. The summed E-state index contributed by atoms with van der Waals surface area (Å²) in [5.41, 5.74) is 0.944. The molecule has 0 aliphatic heterocycles. The molecular weight excluding hydrogens is 450 g/mol. The van der Waals surface area contributed by atoms with Gasteiger partial charge in [0.05, 0.1) is 4.90 Å². The maximum atomic E-state index is 13.3. The maximum absolute atomic E-state index is 13.3. The second-order valence-electron chi connectivity index (χ2n) is 8.32. The summed E-state index contributed by atoms with van der Waals surface area (Å²) in [4.78, 5) is 28.0. The molecule has 0 saturated carbocycles. The van der Waals surface area contributed by atoms with Gasteiger partial charge in [-0.05, 0) is 37.0 Å². The minimum absolute atomic E-state index is 0.149. The van der Waals surface area contributed by atoms with Gasteiger partial charge in [-0.25, -0.2) is 12.7 Å². The summed E-state index contributed by atoms with van der Waals surface area (Å²) in [6, 6.07) is 17.3. The molecule has 8 heteroatoms. The molecule has 1 atom stereocenters. The summed E-state index contributed by atoms with van der Waals surface area (Å²) in [6.45, 7) is 5.08. The molecule has 0 aliphatic rings. The van der Waals surface area contributed by atoms with E-state index in [1.807, 2.05) is 37.3 Å². The fourth-order valence-corrected chi connectivity index (χ4v) is 4.93. The lowest BCUT2D eigenvalue weighted by Crippen LogP contribution is -2.49. The third-order valence-electron chi connectivity index (χ3n) is 5.73. The molecule has 186 valence electrons. The molecule has 0 aromatic heterocycles. The Balaban J connectivity index is 2.07. The summed E-state index contributed by atoms with van der Waals surface area (Å²) >= 11 is 0. The van der Waals surface area contributed by atoms with Gasteiger partial charge >= 0.3 is 0 Å². The van der Waals surface area contributed by atoms with Crippen LogP contribution in [0.25, 0.3) is 0 Å². The Morgan fingerprint density at radius 1 is 0.941 bits per heavy atom. The molecule has 7 nitrogen and oxygen atoms in total. The number of amides is 2. The third kappa shape index (κ3) is 7.95. The third-order valence-corrected chi connectivity index (χ3v) is 7.60. The van der Waals surface area contributed by atoms with Crippen molar-refractivity contribution in [3.63, 3.8) is 0 Å². The van der Waals surface area contributed by atoms with E-state index in [1.54, 1.807) is 35.2 Å². The number of rotatable bonds is 14. The minimum atomic E-state index is -3.61. The first-order valence-corrected chi connectivity index (χ1v) is 13.4. The van der Waals surface area contributed by atoms with Crippen LogP contribution in [0.15, 0.2) is 65.6 Å². The van der Waals surface area contributed by atoms with Gasteiger partial charge in [-0.2, -0.15) is 0 Å². The SMILES string of the molecule is CCCCNC(=O)[C@H](CC)N(Cc1ccccc1)C(=O)CCCN(C)S(=O)(=O)c1ccccc1. The van der Waals surface area contributed by atoms with Crippen molar-refractivity contribution in [3.05, 3.63) is 66.2 Å². The molecule has 0 fully saturated rings. The average Bonchev–Trinajstić information content (AvgIpc) is 2.85. The van der Waals surface area contributed by atoms with Gasteiger partial charge in [0.25, 0.3) is 0 Å². The molecule has 0 radical (unpaired) electrons. The van der Waals surface area contributed by atoms with Crippen LogP contribution < -0.4 is 5.32 Å². The van der Waals surface area contributed by atoms with Crippen LogP contribution in [0.4, 0.5) is 0 Å². The number of benzene rings is 2. The van der Waals surface area contributed by atoms with E-state index in [0.29, 0.717) is 25.9 Å². The second kappa shape index (κ2) is 13.9. The summed E-state index contributed by atoms with van der Waals surface area (Å²) in [5, 5.41) is 2.95. The summed E-state index contributed by atoms with van der Waals surface area (Å²) < 4.78 is 26.7. The Morgan fingerprint density at radius 2 is 1.56 bits per heavy atom. The van der Waals surface area contributed by atoms with Crippen LogP contribution in [0, 0.1) is 0 Å². The van der Waals surface area contributed by atoms with Crippen molar-refractivity contribution in [3.8, 4) is 0 Å². The zero-order chi connectivity index (χ0) is 25.0. The summed E-state index contributed by atoms with van der Waals surface area (Å²) in [7, 11) is -2.09. The largest absolute Gasteiger partial charge is 0.354 e. The predicted molar refractivity (Wildman–Crippen MR) is 134 cm³/mol. The Morgan fingerprint density at radius 3 is 2.15 bits per heavy atom. The van der Waals surface area contributed by atoms with Crippen molar-refractivity contribution in [2.75, 3.05) is 20.1 Å². The van der Waals surface area contributed by atoms with Crippen molar-refractivity contribution in [1.29, 1.82) is 0 Å². The van der Waals surface area contributed by atoms with Crippen LogP contribution in [0.5, 0.6) is 0 Å². The number of hydrogen-bond donors (Lipinski definition) is 1. The fourth-order valence-electron chi connectivity index (χ4n) is 3.69. The van der Waals surface area contributed by atoms with Crippen LogP contribution in [-0.4, -0.2) is 55.6 Å². The number of sulfonamides is 1. The molecule has 0 aliphatic carbocycles. The van der Waals surface area contributed by atoms with Gasteiger partial charge in [-0.15, -0.1) is 0 Å². The smallest absolute Gasteiger partial charge is 0.242 e. The van der Waals surface area contributed by atoms with Gasteiger partial charge in [0.1, 0.15) is 6.04 Å². The van der Waals surface area contributed by atoms with Crippen molar-refractivity contribution in [2.24, 2.45) is 0 Å². The topological polar surface area (TPSA) is 86.8 Å². The molecule has 34 heavy (non-hydrogen) atoms. The maximum Gasteiger partial charge on any atom is 0.242 e. The van der Waals surface area contributed by atoms with E-state index in [1.165, 1.54) is 11.4 Å². The Hall–Kier alpha value is -2.71. The fraction of sp³-hybridized carbons (Fsp3) is 0.462. The molecule has 2 aromatic carbocycles. The van der Waals surface area contributed by atoms with E-state index in [9.17, 15) is 18.0 Å². The van der Waals surface area contributed by atoms with Gasteiger partial charge in [0.2, 0.25) is 21.8 Å². The highest BCUT2D eigenvalue weighted by Gasteiger charge is 2.28. The van der Waals surface area contributed by atoms with Crippen LogP contribution in [0.1, 0.15) is 51.5 Å². The molecule has 2 amide bonds. The quantitative estimate of drug-likeness (QED) is 0.411. The lowest BCUT2D eigenvalue weighted by Gasteiger charge is -2.31. The Labute approximate surface area is 204 Å². The van der Waals surface area contributed by atoms with Crippen molar-refractivity contribution < 1.29 is 18.0 Å². The average molecular weight is 488 g/mol. The monoisotopic (exact) mass is 487 g/mol. The van der Waals surface area contributed by atoms with Gasteiger partial charge in [0, 0.05) is 33.1 Å². The number of nitrogens with one attached hydrogen (secondary N) is 1. The second-order valence-corrected chi connectivity index (χ2v) is 10.4. The van der Waals surface area contributed by atoms with Crippen LogP contribution in [0.2, 0.25) is 0 Å². The highest BCUT2D eigenvalue weighted by molar-refractivity contribution is 7.89.